The molecule has 702 valence electrons. The van der Waals surface area contributed by atoms with Crippen LogP contribution in [-0.4, -0.2) is 13.7 Å². The minimum Gasteiger partial charge on any atom is -0.311 e. The zero-order chi connectivity index (χ0) is 98.2. The van der Waals surface area contributed by atoms with Crippen LogP contribution in [0.4, 0.5) is 103 Å². The van der Waals surface area contributed by atoms with Gasteiger partial charge in [-0.1, -0.05) is 387 Å². The largest absolute Gasteiger partial charge is 0.311 e. The molecule has 3 aromatic heterocycles. The lowest BCUT2D eigenvalue weighted by Crippen LogP contribution is -2.18. The summed E-state index contributed by atoms with van der Waals surface area (Å²) in [6.45, 7) is 0. The molecule has 0 unspecified atom stereocenters. The maximum atomic E-state index is 2.44. The molecule has 0 N–H and O–H groups in total. The minimum atomic E-state index is 1.09. The Morgan fingerprint density at radius 2 is 0.405 bits per heavy atom. The van der Waals surface area contributed by atoms with Crippen LogP contribution in [0.2, 0.25) is 0 Å². The molecule has 28 rings (SSSR count). The highest BCUT2D eigenvalue weighted by molar-refractivity contribution is 8.00. The molecule has 9 nitrogen and oxygen atoms in total. The lowest BCUT2D eigenvalue weighted by molar-refractivity contribution is 1.03. The van der Waals surface area contributed by atoms with E-state index in [0.717, 1.165) is 96.9 Å². The van der Waals surface area contributed by atoms with Gasteiger partial charge in [0.05, 0.1) is 59.7 Å². The van der Waals surface area contributed by atoms with Gasteiger partial charge in [-0.05, 0) is 258 Å². The van der Waals surface area contributed by atoms with Crippen LogP contribution in [0.15, 0.2) is 606 Å². The highest BCUT2D eigenvalue weighted by Gasteiger charge is 2.37. The van der Waals surface area contributed by atoms with Gasteiger partial charge in [-0.15, -0.1) is 0 Å². The van der Waals surface area contributed by atoms with E-state index in [4.69, 9.17) is 0 Å². The van der Waals surface area contributed by atoms with Gasteiger partial charge in [0.25, 0.3) is 0 Å². The Bertz CT molecular complexity index is 8970. The maximum Gasteiger partial charge on any atom is 0.137 e. The Morgan fingerprint density at radius 3 is 0.770 bits per heavy atom. The fraction of sp³-hybridized carbons (Fsp3) is 0. The summed E-state index contributed by atoms with van der Waals surface area (Å²) in [4.78, 5) is 21.9. The predicted molar refractivity (Wildman–Crippen MR) is 624 cm³/mol. The van der Waals surface area contributed by atoms with E-state index in [-0.39, 0.29) is 0 Å². The van der Waals surface area contributed by atoms with Gasteiger partial charge in [-0.25, -0.2) is 0 Å². The Balaban J connectivity index is 0.000000113. The Hall–Kier alpha value is -18.4. The Labute approximate surface area is 873 Å². The van der Waals surface area contributed by atoms with Crippen molar-refractivity contribution in [3.05, 3.63) is 576 Å². The van der Waals surface area contributed by atoms with Crippen LogP contribution in [0.25, 0.3) is 93.9 Å². The minimum absolute atomic E-state index is 1.09. The van der Waals surface area contributed by atoms with Crippen LogP contribution < -0.4 is 29.4 Å². The molecule has 3 aliphatic rings. The highest BCUT2D eigenvalue weighted by Crippen LogP contribution is 2.61. The van der Waals surface area contributed by atoms with Crippen LogP contribution in [0.5, 0.6) is 0 Å². The molecule has 22 aromatic carbocycles. The van der Waals surface area contributed by atoms with E-state index in [1.54, 1.807) is 0 Å². The standard InChI is InChI=1S/C50H35N3S.C48H33N3S.C38H27N3S/c1-4-14-36(15-5-1)38-24-28-41(29-25-38)51(42-30-26-39(27-31-42)37-16-6-2-7-17-37)43-32-34-44(35-33-43)53-47-22-12-13-23-48(47)54-49-45-20-10-11-21-46(45)52(50(49)53)40-18-8-3-9-19-40;1-3-16-34(17-4-1)39-23-9-11-25-42(39)49(43-28-15-19-35-18-7-8-22-40(35)43)37-30-32-38(33-31-37)51-45-27-13-14-29-46(45)52-47-41-24-10-12-26-44(41)50(48(47)51)36-20-5-2-6-21-36;1-4-14-28(15-5-1)39(29-16-6-2-7-17-29)31-24-26-32(27-25-31)41-35-22-12-13-23-36(35)42-37-33-20-10-11-21-34(33)40(38(37)41)30-18-8-3-9-19-30/h1-35H;1-33H;1-27H. The van der Waals surface area contributed by atoms with Crippen molar-refractivity contribution in [1.29, 1.82) is 0 Å². The lowest BCUT2D eigenvalue weighted by Gasteiger charge is -2.33. The Morgan fingerprint density at radius 1 is 0.155 bits per heavy atom. The van der Waals surface area contributed by atoms with E-state index >= 15 is 0 Å². The molecular weight excluding hydrogens is 1860 g/mol. The number of aromatic nitrogens is 3. The summed E-state index contributed by atoms with van der Waals surface area (Å²) >= 11 is 5.57. The number of rotatable bonds is 18. The second-order valence-corrected chi connectivity index (χ2v) is 39.8. The number of hydrogen-bond acceptors (Lipinski definition) is 9. The van der Waals surface area contributed by atoms with Crippen LogP contribution >= 0.6 is 35.3 Å². The normalized spacial score (nSPS) is 12.1. The van der Waals surface area contributed by atoms with E-state index in [1.807, 2.05) is 35.3 Å². The van der Waals surface area contributed by atoms with Gasteiger partial charge in [0, 0.05) is 116 Å². The molecular formula is C136H95N9S3. The van der Waals surface area contributed by atoms with E-state index in [9.17, 15) is 0 Å². The van der Waals surface area contributed by atoms with Gasteiger partial charge >= 0.3 is 0 Å². The number of nitrogens with zero attached hydrogens (tertiary/aromatic N) is 9. The first-order chi connectivity index (χ1) is 73.5. The van der Waals surface area contributed by atoms with E-state index in [2.05, 4.69) is 619 Å². The SMILES string of the molecule is c1ccc(-c2ccc(N(c3ccc(-c4ccccc4)cc3)c3ccc(N4c5ccccc5Sc5c4n(-c4ccccc4)c4ccccc54)cc3)cc2)cc1.c1ccc(-c2ccccc2N(c2ccc(N3c4ccccc4Sc4c3n(-c3ccccc3)c3ccccc43)cc2)c2cccc3ccccc23)cc1.c1ccc(N(c2ccccc2)c2ccc(N3c4ccccc4Sc4c3n(-c3ccccc3)c3ccccc43)cc2)cc1. The van der Waals surface area contributed by atoms with Crippen LogP contribution in [0.3, 0.4) is 0 Å². The number of para-hydroxylation sites is 12. The molecule has 148 heavy (non-hydrogen) atoms. The second kappa shape index (κ2) is 39.7. The Kier molecular flexibility index (Phi) is 24.0. The monoisotopic (exact) mass is 1950 g/mol. The fourth-order valence-corrected chi connectivity index (χ4v) is 24.7. The molecule has 3 aliphatic heterocycles. The average Bonchev–Trinajstić information content (AvgIpc) is 1.57. The first kappa shape index (κ1) is 89.6. The van der Waals surface area contributed by atoms with Gasteiger partial charge in [0.1, 0.15) is 17.5 Å². The zero-order valence-corrected chi connectivity index (χ0v) is 83.0. The summed E-state index contributed by atoms with van der Waals surface area (Å²) in [7, 11) is 0. The van der Waals surface area contributed by atoms with Crippen molar-refractivity contribution < 1.29 is 0 Å². The molecule has 0 atom stereocenters. The van der Waals surface area contributed by atoms with Crippen molar-refractivity contribution in [2.45, 2.75) is 29.4 Å². The molecule has 0 amide bonds. The lowest BCUT2D eigenvalue weighted by atomic mass is 10.0. The summed E-state index contributed by atoms with van der Waals surface area (Å²) in [6.07, 6.45) is 0. The van der Waals surface area contributed by atoms with Crippen LogP contribution in [0, 0.1) is 0 Å². The molecule has 6 heterocycles. The summed E-state index contributed by atoms with van der Waals surface area (Å²) in [5, 5.41) is 6.18. The van der Waals surface area contributed by atoms with Crippen molar-refractivity contribution in [3.63, 3.8) is 0 Å². The molecule has 0 spiro atoms. The third-order valence-corrected chi connectivity index (χ3v) is 31.4. The summed E-state index contributed by atoms with van der Waals surface area (Å²) in [5.74, 6) is 3.48. The molecule has 12 heteroatoms. The molecule has 0 radical (unpaired) electrons. The highest BCUT2D eigenvalue weighted by atomic mass is 32.2. The number of hydrogen-bond donors (Lipinski definition) is 0. The molecule has 25 aromatic rings. The van der Waals surface area contributed by atoms with Crippen molar-refractivity contribution in [2.75, 3.05) is 29.4 Å². The first-order valence-electron chi connectivity index (χ1n) is 50.0. The third kappa shape index (κ3) is 16.7. The summed E-state index contributed by atoms with van der Waals surface area (Å²) in [5.41, 5.74) is 31.1. The van der Waals surface area contributed by atoms with Gasteiger partial charge in [-0.3, -0.25) is 28.4 Å². The molecule has 0 saturated heterocycles. The van der Waals surface area contributed by atoms with Crippen molar-refractivity contribution in [1.82, 2.24) is 13.7 Å². The number of fused-ring (bicyclic) bond motifs is 13. The van der Waals surface area contributed by atoms with E-state index in [1.165, 1.54) is 129 Å². The summed E-state index contributed by atoms with van der Waals surface area (Å²) < 4.78 is 7.23. The van der Waals surface area contributed by atoms with Gasteiger partial charge < -0.3 is 14.7 Å². The van der Waals surface area contributed by atoms with Crippen molar-refractivity contribution >= 4 is 182 Å². The van der Waals surface area contributed by atoms with E-state index in [0.29, 0.717) is 0 Å². The van der Waals surface area contributed by atoms with Gasteiger partial charge in [0.15, 0.2) is 0 Å². The van der Waals surface area contributed by atoms with Gasteiger partial charge in [0.2, 0.25) is 0 Å². The van der Waals surface area contributed by atoms with Crippen molar-refractivity contribution in [2.24, 2.45) is 0 Å². The zero-order valence-electron chi connectivity index (χ0n) is 80.6. The maximum absolute atomic E-state index is 2.44. The topological polar surface area (TPSA) is 34.2 Å². The third-order valence-electron chi connectivity index (χ3n) is 27.9. The smallest absolute Gasteiger partial charge is 0.137 e. The fourth-order valence-electron chi connectivity index (χ4n) is 21.2. The second-order valence-electron chi connectivity index (χ2n) is 36.7. The van der Waals surface area contributed by atoms with Gasteiger partial charge in [-0.2, -0.15) is 0 Å². The number of anilines is 18. The predicted octanol–water partition coefficient (Wildman–Crippen LogP) is 39.3. The molecule has 0 saturated carbocycles. The molecule has 0 aliphatic carbocycles. The quantitative estimate of drug-likeness (QED) is 0.0835. The van der Waals surface area contributed by atoms with Crippen molar-refractivity contribution in [3.8, 4) is 50.4 Å². The first-order valence-corrected chi connectivity index (χ1v) is 52.5. The van der Waals surface area contributed by atoms with Crippen LogP contribution in [-0.2, 0) is 0 Å². The number of benzene rings is 22. The van der Waals surface area contributed by atoms with E-state index < -0.39 is 0 Å². The van der Waals surface area contributed by atoms with Crippen LogP contribution in [0.1, 0.15) is 0 Å². The average molecular weight is 1950 g/mol. The molecule has 0 fully saturated rings. The summed E-state index contributed by atoms with van der Waals surface area (Å²) in [6, 6.07) is 206. The molecule has 0 bridgehead atoms.